The lowest BCUT2D eigenvalue weighted by molar-refractivity contribution is 0.600. The van der Waals surface area contributed by atoms with E-state index in [1.54, 1.807) is 30.5 Å². The number of aryl methyl sites for hydroxylation is 1. The average Bonchev–Trinajstić information content (AvgIpc) is 3.11. The molecular weight excluding hydrogens is 400 g/mol. The lowest BCUT2D eigenvalue weighted by atomic mass is 10.2. The molecule has 8 nitrogen and oxygen atoms in total. The molecule has 10 heteroatoms. The van der Waals surface area contributed by atoms with Crippen molar-refractivity contribution >= 4 is 50.0 Å². The van der Waals surface area contributed by atoms with Gasteiger partial charge in [-0.15, -0.1) is 0 Å². The van der Waals surface area contributed by atoms with Gasteiger partial charge in [0.25, 0.3) is 10.0 Å². The molecular formula is C18H15ClN6O2S. The molecule has 0 aliphatic carbocycles. The van der Waals surface area contributed by atoms with Gasteiger partial charge in [0.15, 0.2) is 5.65 Å². The van der Waals surface area contributed by atoms with Crippen LogP contribution in [0.25, 0.3) is 11.0 Å². The number of sulfonamides is 1. The van der Waals surface area contributed by atoms with Gasteiger partial charge in [-0.1, -0.05) is 17.7 Å². The molecule has 0 bridgehead atoms. The Hall–Kier alpha value is -3.17. The standard InChI is InChI=1S/C18H15ClN6O2S/c1-11-7-15(5-6-16(11)22-14-4-2-3-13(19)8-14)28(26,27)25-18-20-9-12-10-21-24-17(12)23-18/h2-10,22H,1H3,(H2,20,21,23,24,25). The zero-order valence-corrected chi connectivity index (χ0v) is 16.2. The number of rotatable bonds is 5. The molecule has 0 aliphatic heterocycles. The van der Waals surface area contributed by atoms with Gasteiger partial charge in [0.05, 0.1) is 16.5 Å². The normalized spacial score (nSPS) is 11.5. The van der Waals surface area contributed by atoms with Crippen LogP contribution < -0.4 is 10.0 Å². The summed E-state index contributed by atoms with van der Waals surface area (Å²) < 4.78 is 27.8. The fraction of sp³-hybridized carbons (Fsp3) is 0.0556. The summed E-state index contributed by atoms with van der Waals surface area (Å²) in [5, 5.41) is 11.0. The molecule has 2 aromatic carbocycles. The van der Waals surface area contributed by atoms with Crippen molar-refractivity contribution in [3.8, 4) is 0 Å². The number of nitrogens with one attached hydrogen (secondary N) is 3. The predicted octanol–water partition coefficient (Wildman–Crippen LogP) is 3.86. The first-order valence-corrected chi connectivity index (χ1v) is 10.1. The van der Waals surface area contributed by atoms with Gasteiger partial charge in [-0.3, -0.25) is 5.10 Å². The molecule has 0 aliphatic rings. The topological polar surface area (TPSA) is 113 Å². The summed E-state index contributed by atoms with van der Waals surface area (Å²) in [4.78, 5) is 8.22. The van der Waals surface area contributed by atoms with E-state index >= 15 is 0 Å². The van der Waals surface area contributed by atoms with Crippen LogP contribution in [0.15, 0.2) is 59.8 Å². The summed E-state index contributed by atoms with van der Waals surface area (Å²) in [5.74, 6) is -0.0319. The molecule has 142 valence electrons. The summed E-state index contributed by atoms with van der Waals surface area (Å²) in [6.07, 6.45) is 3.05. The largest absolute Gasteiger partial charge is 0.355 e. The van der Waals surface area contributed by atoms with Crippen molar-refractivity contribution in [3.05, 3.63) is 65.4 Å². The van der Waals surface area contributed by atoms with Crippen molar-refractivity contribution in [2.24, 2.45) is 0 Å². The van der Waals surface area contributed by atoms with Gasteiger partial charge in [0, 0.05) is 22.6 Å². The zero-order valence-electron chi connectivity index (χ0n) is 14.6. The van der Waals surface area contributed by atoms with Crippen LogP contribution in [0.4, 0.5) is 17.3 Å². The quantitative estimate of drug-likeness (QED) is 0.457. The van der Waals surface area contributed by atoms with E-state index in [0.29, 0.717) is 16.1 Å². The SMILES string of the molecule is Cc1cc(S(=O)(=O)Nc2ncc3cn[nH]c3n2)ccc1Nc1cccc(Cl)c1. The Balaban J connectivity index is 1.58. The van der Waals surface area contributed by atoms with Crippen molar-refractivity contribution in [1.29, 1.82) is 0 Å². The second-order valence-corrected chi connectivity index (χ2v) is 8.20. The summed E-state index contributed by atoms with van der Waals surface area (Å²) in [6, 6.07) is 12.1. The molecule has 0 spiro atoms. The number of H-pyrrole nitrogens is 1. The van der Waals surface area contributed by atoms with Crippen molar-refractivity contribution in [2.45, 2.75) is 11.8 Å². The highest BCUT2D eigenvalue weighted by atomic mass is 35.5. The molecule has 0 unspecified atom stereocenters. The summed E-state index contributed by atoms with van der Waals surface area (Å²) in [5.41, 5.74) is 2.79. The van der Waals surface area contributed by atoms with Crippen molar-refractivity contribution in [1.82, 2.24) is 20.2 Å². The number of halogens is 1. The van der Waals surface area contributed by atoms with Crippen LogP contribution >= 0.6 is 11.6 Å². The summed E-state index contributed by atoms with van der Waals surface area (Å²) in [6.45, 7) is 1.82. The molecule has 0 amide bonds. The Kier molecular flexibility index (Phi) is 4.62. The number of hydrogen-bond donors (Lipinski definition) is 3. The smallest absolute Gasteiger partial charge is 0.264 e. The van der Waals surface area contributed by atoms with E-state index in [9.17, 15) is 8.42 Å². The van der Waals surface area contributed by atoms with Crippen molar-refractivity contribution in [3.63, 3.8) is 0 Å². The van der Waals surface area contributed by atoms with Crippen LogP contribution in [-0.2, 0) is 10.0 Å². The Morgan fingerprint density at radius 1 is 1.11 bits per heavy atom. The van der Waals surface area contributed by atoms with E-state index in [1.165, 1.54) is 12.3 Å². The third-order valence-corrected chi connectivity index (χ3v) is 5.59. The van der Waals surface area contributed by atoms with Gasteiger partial charge >= 0.3 is 0 Å². The van der Waals surface area contributed by atoms with Gasteiger partial charge in [-0.2, -0.15) is 10.1 Å². The highest BCUT2D eigenvalue weighted by Gasteiger charge is 2.17. The molecule has 2 aromatic heterocycles. The molecule has 4 rings (SSSR count). The Labute approximate surface area is 166 Å². The molecule has 3 N–H and O–H groups in total. The van der Waals surface area contributed by atoms with Gasteiger partial charge in [-0.05, 0) is 48.9 Å². The molecule has 0 saturated carbocycles. The van der Waals surface area contributed by atoms with Gasteiger partial charge < -0.3 is 5.32 Å². The van der Waals surface area contributed by atoms with E-state index in [4.69, 9.17) is 11.6 Å². The molecule has 0 saturated heterocycles. The number of hydrogen-bond acceptors (Lipinski definition) is 6. The highest BCUT2D eigenvalue weighted by molar-refractivity contribution is 7.92. The van der Waals surface area contributed by atoms with E-state index in [2.05, 4.69) is 30.2 Å². The number of nitrogens with zero attached hydrogens (tertiary/aromatic N) is 3. The number of fused-ring (bicyclic) bond motifs is 1. The molecule has 0 atom stereocenters. The first-order chi connectivity index (χ1) is 13.4. The monoisotopic (exact) mass is 414 g/mol. The second kappa shape index (κ2) is 7.10. The average molecular weight is 415 g/mol. The Bertz CT molecular complexity index is 1270. The van der Waals surface area contributed by atoms with Crippen LogP contribution in [0.5, 0.6) is 0 Å². The van der Waals surface area contributed by atoms with Gasteiger partial charge in [0.2, 0.25) is 5.95 Å². The maximum atomic E-state index is 12.7. The van der Waals surface area contributed by atoms with E-state index < -0.39 is 10.0 Å². The first-order valence-electron chi connectivity index (χ1n) is 8.23. The maximum absolute atomic E-state index is 12.7. The summed E-state index contributed by atoms with van der Waals surface area (Å²) in [7, 11) is -3.84. The van der Waals surface area contributed by atoms with E-state index in [1.807, 2.05) is 19.1 Å². The molecule has 2 heterocycles. The Morgan fingerprint density at radius 3 is 2.75 bits per heavy atom. The van der Waals surface area contributed by atoms with Crippen molar-refractivity contribution in [2.75, 3.05) is 10.0 Å². The van der Waals surface area contributed by atoms with E-state index in [-0.39, 0.29) is 10.8 Å². The lowest BCUT2D eigenvalue weighted by Crippen LogP contribution is -2.15. The van der Waals surface area contributed by atoms with E-state index in [0.717, 1.165) is 16.9 Å². The number of benzene rings is 2. The minimum Gasteiger partial charge on any atom is -0.355 e. The Morgan fingerprint density at radius 2 is 1.96 bits per heavy atom. The first kappa shape index (κ1) is 18.2. The van der Waals surface area contributed by atoms with Gasteiger partial charge in [0.1, 0.15) is 0 Å². The minimum atomic E-state index is -3.84. The van der Waals surface area contributed by atoms with Crippen molar-refractivity contribution < 1.29 is 8.42 Å². The number of aromatic nitrogens is 4. The fourth-order valence-electron chi connectivity index (χ4n) is 2.63. The minimum absolute atomic E-state index is 0.0319. The zero-order chi connectivity index (χ0) is 19.7. The predicted molar refractivity (Wildman–Crippen MR) is 108 cm³/mol. The lowest BCUT2D eigenvalue weighted by Gasteiger charge is -2.12. The van der Waals surface area contributed by atoms with Crippen LogP contribution in [-0.4, -0.2) is 28.6 Å². The molecule has 4 aromatic rings. The molecule has 0 fully saturated rings. The van der Waals surface area contributed by atoms with Gasteiger partial charge in [-0.25, -0.2) is 18.1 Å². The second-order valence-electron chi connectivity index (χ2n) is 6.09. The summed E-state index contributed by atoms with van der Waals surface area (Å²) >= 11 is 6.00. The number of aromatic amines is 1. The third kappa shape index (κ3) is 3.75. The van der Waals surface area contributed by atoms with Crippen LogP contribution in [0.2, 0.25) is 5.02 Å². The molecule has 28 heavy (non-hydrogen) atoms. The third-order valence-electron chi connectivity index (χ3n) is 4.03. The van der Waals surface area contributed by atoms with Crippen LogP contribution in [0, 0.1) is 6.92 Å². The maximum Gasteiger partial charge on any atom is 0.264 e. The highest BCUT2D eigenvalue weighted by Crippen LogP contribution is 2.25. The molecule has 0 radical (unpaired) electrons. The fourth-order valence-corrected chi connectivity index (χ4v) is 3.86. The van der Waals surface area contributed by atoms with Crippen LogP contribution in [0.3, 0.4) is 0 Å². The number of anilines is 3. The van der Waals surface area contributed by atoms with Crippen LogP contribution in [0.1, 0.15) is 5.56 Å².